The summed E-state index contributed by atoms with van der Waals surface area (Å²) in [6, 6.07) is 12.8. The van der Waals surface area contributed by atoms with Crippen LogP contribution in [-0.4, -0.2) is 12.2 Å². The summed E-state index contributed by atoms with van der Waals surface area (Å²) in [5, 5.41) is 3.44. The van der Waals surface area contributed by atoms with Crippen molar-refractivity contribution in [3.05, 3.63) is 57.5 Å². The molecule has 0 saturated heterocycles. The third-order valence-corrected chi connectivity index (χ3v) is 4.16. The van der Waals surface area contributed by atoms with E-state index in [0.29, 0.717) is 15.1 Å². The number of nitrogens with one attached hydrogen (secondary N) is 1. The lowest BCUT2D eigenvalue weighted by Gasteiger charge is -2.07. The predicted molar refractivity (Wildman–Crippen MR) is 85.3 cm³/mol. The van der Waals surface area contributed by atoms with Gasteiger partial charge in [0.15, 0.2) is 0 Å². The van der Waals surface area contributed by atoms with Crippen molar-refractivity contribution in [1.82, 2.24) is 0 Å². The van der Waals surface area contributed by atoms with Crippen molar-refractivity contribution < 1.29 is 4.79 Å². The molecule has 0 aliphatic heterocycles. The molecule has 1 amide bonds. The highest BCUT2D eigenvalue weighted by molar-refractivity contribution is 9.10. The number of rotatable bonds is 3. The second-order valence-corrected chi connectivity index (χ2v) is 5.98. The summed E-state index contributed by atoms with van der Waals surface area (Å²) < 4.78 is 0.679. The molecule has 2 rings (SSSR count). The van der Waals surface area contributed by atoms with Crippen LogP contribution in [0.1, 0.15) is 10.4 Å². The van der Waals surface area contributed by atoms with Gasteiger partial charge in [0.05, 0.1) is 5.56 Å². The Bertz CT molecular complexity index is 601. The van der Waals surface area contributed by atoms with E-state index in [1.165, 1.54) is 0 Å². The summed E-state index contributed by atoms with van der Waals surface area (Å²) in [5.74, 6) is -0.166. The maximum atomic E-state index is 12.1. The number of amides is 1. The van der Waals surface area contributed by atoms with Gasteiger partial charge >= 0.3 is 0 Å². The number of thioether (sulfide) groups is 1. The number of hydrogen-bond donors (Lipinski definition) is 1. The third-order valence-electron chi connectivity index (χ3n) is 2.52. The van der Waals surface area contributed by atoms with Crippen molar-refractivity contribution in [2.75, 3.05) is 11.6 Å². The molecular formula is C14H11BrClNOS. The fourth-order valence-corrected chi connectivity index (χ4v) is 2.82. The minimum atomic E-state index is -0.166. The van der Waals surface area contributed by atoms with Crippen LogP contribution in [0.15, 0.2) is 51.8 Å². The van der Waals surface area contributed by atoms with Crippen LogP contribution in [0.4, 0.5) is 5.69 Å². The van der Waals surface area contributed by atoms with Gasteiger partial charge in [-0.2, -0.15) is 0 Å². The molecule has 98 valence electrons. The molecule has 0 aromatic heterocycles. The van der Waals surface area contributed by atoms with E-state index in [1.807, 2.05) is 30.5 Å². The van der Waals surface area contributed by atoms with Crippen molar-refractivity contribution in [2.45, 2.75) is 4.90 Å². The Kier molecular flexibility index (Phi) is 4.91. The van der Waals surface area contributed by atoms with Gasteiger partial charge in [-0.1, -0.05) is 11.6 Å². The van der Waals surface area contributed by atoms with Crippen LogP contribution in [0.2, 0.25) is 5.02 Å². The lowest BCUT2D eigenvalue weighted by Crippen LogP contribution is -2.12. The normalized spacial score (nSPS) is 10.3. The average molecular weight is 357 g/mol. The first-order valence-electron chi connectivity index (χ1n) is 5.50. The molecule has 5 heteroatoms. The van der Waals surface area contributed by atoms with Crippen LogP contribution in [-0.2, 0) is 0 Å². The first-order valence-corrected chi connectivity index (χ1v) is 7.90. The average Bonchev–Trinajstić information content (AvgIpc) is 2.39. The van der Waals surface area contributed by atoms with Gasteiger partial charge < -0.3 is 5.32 Å². The van der Waals surface area contributed by atoms with E-state index in [-0.39, 0.29) is 5.91 Å². The van der Waals surface area contributed by atoms with Crippen molar-refractivity contribution in [1.29, 1.82) is 0 Å². The lowest BCUT2D eigenvalue weighted by atomic mass is 10.2. The Morgan fingerprint density at radius 1 is 1.21 bits per heavy atom. The van der Waals surface area contributed by atoms with Crippen LogP contribution >= 0.6 is 39.3 Å². The Morgan fingerprint density at radius 3 is 2.47 bits per heavy atom. The van der Waals surface area contributed by atoms with Crippen molar-refractivity contribution in [3.63, 3.8) is 0 Å². The summed E-state index contributed by atoms with van der Waals surface area (Å²) in [6.07, 6.45) is 2.01. The van der Waals surface area contributed by atoms with Crippen molar-refractivity contribution in [2.24, 2.45) is 0 Å². The predicted octanol–water partition coefficient (Wildman–Crippen LogP) is 5.08. The van der Waals surface area contributed by atoms with Gasteiger partial charge in [-0.25, -0.2) is 0 Å². The molecule has 0 fully saturated rings. The van der Waals surface area contributed by atoms with Gasteiger partial charge in [0.25, 0.3) is 5.91 Å². The number of benzene rings is 2. The van der Waals surface area contributed by atoms with Crippen LogP contribution in [0.3, 0.4) is 0 Å². The van der Waals surface area contributed by atoms with E-state index in [9.17, 15) is 4.79 Å². The fourth-order valence-electron chi connectivity index (χ4n) is 1.55. The van der Waals surface area contributed by atoms with E-state index in [2.05, 4.69) is 21.2 Å². The summed E-state index contributed by atoms with van der Waals surface area (Å²) >= 11 is 10.8. The first-order chi connectivity index (χ1) is 9.10. The lowest BCUT2D eigenvalue weighted by molar-refractivity contribution is 0.102. The number of hydrogen-bond acceptors (Lipinski definition) is 2. The van der Waals surface area contributed by atoms with Crippen LogP contribution in [0.5, 0.6) is 0 Å². The number of halogens is 2. The van der Waals surface area contributed by atoms with E-state index in [4.69, 9.17) is 11.6 Å². The summed E-state index contributed by atoms with van der Waals surface area (Å²) in [4.78, 5) is 13.3. The summed E-state index contributed by atoms with van der Waals surface area (Å²) in [6.45, 7) is 0. The monoisotopic (exact) mass is 355 g/mol. The molecule has 19 heavy (non-hydrogen) atoms. The highest BCUT2D eigenvalue weighted by Gasteiger charge is 2.10. The molecule has 2 nitrogen and oxygen atoms in total. The molecule has 2 aromatic carbocycles. The first kappa shape index (κ1) is 14.4. The van der Waals surface area contributed by atoms with Gasteiger partial charge in [-0.15, -0.1) is 11.8 Å². The molecule has 0 aliphatic rings. The SMILES string of the molecule is CSc1ccc(NC(=O)c2ccc(Cl)cc2Br)cc1. The fraction of sp³-hybridized carbons (Fsp3) is 0.0714. The van der Waals surface area contributed by atoms with E-state index < -0.39 is 0 Å². The quantitative estimate of drug-likeness (QED) is 0.777. The molecular weight excluding hydrogens is 346 g/mol. The smallest absolute Gasteiger partial charge is 0.256 e. The Balaban J connectivity index is 2.15. The van der Waals surface area contributed by atoms with Gasteiger partial charge in [0.1, 0.15) is 0 Å². The minimum absolute atomic E-state index is 0.166. The topological polar surface area (TPSA) is 29.1 Å². The zero-order valence-corrected chi connectivity index (χ0v) is 13.3. The summed E-state index contributed by atoms with van der Waals surface area (Å²) in [7, 11) is 0. The molecule has 0 aliphatic carbocycles. The number of anilines is 1. The molecule has 1 N–H and O–H groups in total. The highest BCUT2D eigenvalue weighted by Crippen LogP contribution is 2.23. The van der Waals surface area contributed by atoms with Crippen LogP contribution < -0.4 is 5.32 Å². The van der Waals surface area contributed by atoms with Crippen LogP contribution in [0, 0.1) is 0 Å². The molecule has 0 radical (unpaired) electrons. The Labute approximate surface area is 129 Å². The summed E-state index contributed by atoms with van der Waals surface area (Å²) in [5.41, 5.74) is 1.32. The molecule has 0 saturated carbocycles. The van der Waals surface area contributed by atoms with E-state index in [1.54, 1.807) is 30.0 Å². The second-order valence-electron chi connectivity index (χ2n) is 3.81. The Morgan fingerprint density at radius 2 is 1.89 bits per heavy atom. The number of carbonyl (C=O) groups is 1. The van der Waals surface area contributed by atoms with Crippen molar-refractivity contribution >= 4 is 50.9 Å². The van der Waals surface area contributed by atoms with Crippen molar-refractivity contribution in [3.8, 4) is 0 Å². The molecule has 2 aromatic rings. The Hall–Kier alpha value is -0.970. The van der Waals surface area contributed by atoms with Gasteiger partial charge in [0.2, 0.25) is 0 Å². The minimum Gasteiger partial charge on any atom is -0.322 e. The van der Waals surface area contributed by atoms with E-state index in [0.717, 1.165) is 10.6 Å². The maximum Gasteiger partial charge on any atom is 0.256 e. The largest absolute Gasteiger partial charge is 0.322 e. The zero-order valence-electron chi connectivity index (χ0n) is 10.1. The third kappa shape index (κ3) is 3.75. The molecule has 0 unspecified atom stereocenters. The molecule has 0 atom stereocenters. The van der Waals surface area contributed by atoms with Gasteiger partial charge in [-0.05, 0) is 64.7 Å². The standard InChI is InChI=1S/C14H11BrClNOS/c1-19-11-5-3-10(4-6-11)17-14(18)12-7-2-9(16)8-13(12)15/h2-8H,1H3,(H,17,18). The molecule has 0 bridgehead atoms. The van der Waals surface area contributed by atoms with E-state index >= 15 is 0 Å². The molecule has 0 heterocycles. The highest BCUT2D eigenvalue weighted by atomic mass is 79.9. The number of carbonyl (C=O) groups excluding carboxylic acids is 1. The zero-order chi connectivity index (χ0) is 13.8. The van der Waals surface area contributed by atoms with Gasteiger partial charge in [-0.3, -0.25) is 4.79 Å². The maximum absolute atomic E-state index is 12.1. The van der Waals surface area contributed by atoms with Gasteiger partial charge in [0, 0.05) is 20.1 Å². The van der Waals surface area contributed by atoms with Crippen LogP contribution in [0.25, 0.3) is 0 Å². The second kappa shape index (κ2) is 6.46. The molecule has 0 spiro atoms.